The van der Waals surface area contributed by atoms with Gasteiger partial charge in [-0.05, 0) is 37.8 Å². The summed E-state index contributed by atoms with van der Waals surface area (Å²) in [6.07, 6.45) is 3.68. The van der Waals surface area contributed by atoms with Gasteiger partial charge in [0, 0.05) is 30.6 Å². The predicted octanol–water partition coefficient (Wildman–Crippen LogP) is 1.37. The van der Waals surface area contributed by atoms with Gasteiger partial charge in [0.05, 0.1) is 4.92 Å². The molecular formula is C15H18N4O4. The van der Waals surface area contributed by atoms with Crippen LogP contribution in [0, 0.1) is 16.0 Å². The Morgan fingerprint density at radius 3 is 2.48 bits per heavy atom. The van der Waals surface area contributed by atoms with Gasteiger partial charge in [0.25, 0.3) is 11.6 Å². The molecule has 1 aliphatic heterocycles. The zero-order chi connectivity index (χ0) is 16.4. The number of hydrazine groups is 1. The first-order chi connectivity index (χ1) is 11.1. The number of nitro benzene ring substituents is 1. The van der Waals surface area contributed by atoms with Crippen molar-refractivity contribution in [2.75, 3.05) is 18.0 Å². The van der Waals surface area contributed by atoms with Gasteiger partial charge in [-0.25, -0.2) is 0 Å². The van der Waals surface area contributed by atoms with Crippen LogP contribution >= 0.6 is 0 Å². The van der Waals surface area contributed by atoms with Crippen molar-refractivity contribution in [2.45, 2.75) is 25.7 Å². The largest absolute Gasteiger partial charge is 0.366 e. The van der Waals surface area contributed by atoms with Crippen LogP contribution in [0.5, 0.6) is 0 Å². The van der Waals surface area contributed by atoms with E-state index < -0.39 is 10.8 Å². The van der Waals surface area contributed by atoms with Crippen molar-refractivity contribution >= 4 is 23.2 Å². The molecule has 0 aromatic heterocycles. The minimum absolute atomic E-state index is 0.0258. The molecule has 23 heavy (non-hydrogen) atoms. The maximum Gasteiger partial charge on any atom is 0.293 e. The topological polar surface area (TPSA) is 105 Å². The van der Waals surface area contributed by atoms with Crippen LogP contribution in [-0.4, -0.2) is 29.8 Å². The van der Waals surface area contributed by atoms with Crippen molar-refractivity contribution in [1.82, 2.24) is 10.9 Å². The van der Waals surface area contributed by atoms with Crippen LogP contribution < -0.4 is 15.8 Å². The van der Waals surface area contributed by atoms with Gasteiger partial charge in [0.1, 0.15) is 5.69 Å². The molecule has 2 fully saturated rings. The number of carbonyl (C=O) groups is 2. The number of nitro groups is 1. The molecule has 2 amide bonds. The summed E-state index contributed by atoms with van der Waals surface area (Å²) in [4.78, 5) is 36.3. The molecule has 0 spiro atoms. The van der Waals surface area contributed by atoms with Crippen LogP contribution in [0.2, 0.25) is 0 Å². The minimum atomic E-state index is -0.560. The third-order valence-corrected chi connectivity index (χ3v) is 4.13. The maximum atomic E-state index is 12.0. The molecule has 2 aliphatic rings. The van der Waals surface area contributed by atoms with Gasteiger partial charge in [-0.3, -0.25) is 30.6 Å². The van der Waals surface area contributed by atoms with Crippen LogP contribution in [0.4, 0.5) is 11.4 Å². The summed E-state index contributed by atoms with van der Waals surface area (Å²) >= 11 is 0. The smallest absolute Gasteiger partial charge is 0.293 e. The summed E-state index contributed by atoms with van der Waals surface area (Å²) in [5, 5.41) is 11.3. The number of nitrogens with one attached hydrogen (secondary N) is 2. The average Bonchev–Trinajstić information content (AvgIpc) is 3.26. The van der Waals surface area contributed by atoms with Crippen LogP contribution in [0.1, 0.15) is 36.0 Å². The number of hydrogen-bond acceptors (Lipinski definition) is 5. The Morgan fingerprint density at radius 2 is 1.87 bits per heavy atom. The van der Waals surface area contributed by atoms with Gasteiger partial charge < -0.3 is 4.90 Å². The predicted molar refractivity (Wildman–Crippen MR) is 82.9 cm³/mol. The fraction of sp³-hybridized carbons (Fsp3) is 0.467. The van der Waals surface area contributed by atoms with Gasteiger partial charge in [-0.2, -0.15) is 0 Å². The number of anilines is 1. The Labute approximate surface area is 133 Å². The lowest BCUT2D eigenvalue weighted by Crippen LogP contribution is -2.42. The Bertz CT molecular complexity index is 651. The molecule has 8 heteroatoms. The third kappa shape index (κ3) is 3.41. The molecule has 1 saturated heterocycles. The molecule has 2 N–H and O–H groups in total. The van der Waals surface area contributed by atoms with Crippen LogP contribution in [0.3, 0.4) is 0 Å². The maximum absolute atomic E-state index is 12.0. The lowest BCUT2D eigenvalue weighted by atomic mass is 10.1. The molecule has 1 aromatic rings. The number of hydrogen-bond donors (Lipinski definition) is 2. The highest BCUT2D eigenvalue weighted by atomic mass is 16.6. The van der Waals surface area contributed by atoms with E-state index in [0.717, 1.165) is 38.8 Å². The second kappa shape index (κ2) is 6.23. The second-order valence-electron chi connectivity index (χ2n) is 5.87. The zero-order valence-electron chi connectivity index (χ0n) is 12.6. The van der Waals surface area contributed by atoms with E-state index >= 15 is 0 Å². The third-order valence-electron chi connectivity index (χ3n) is 4.13. The zero-order valence-corrected chi connectivity index (χ0v) is 12.6. The van der Waals surface area contributed by atoms with Crippen LogP contribution in [-0.2, 0) is 4.79 Å². The average molecular weight is 318 g/mol. The van der Waals surface area contributed by atoms with E-state index in [1.54, 1.807) is 12.1 Å². The van der Waals surface area contributed by atoms with Crippen molar-refractivity contribution < 1.29 is 14.5 Å². The second-order valence-corrected chi connectivity index (χ2v) is 5.87. The molecule has 1 aliphatic carbocycles. The highest BCUT2D eigenvalue weighted by Gasteiger charge is 2.30. The summed E-state index contributed by atoms with van der Waals surface area (Å²) < 4.78 is 0. The first-order valence-electron chi connectivity index (χ1n) is 7.70. The Hall–Kier alpha value is -2.64. The summed E-state index contributed by atoms with van der Waals surface area (Å²) in [5.41, 5.74) is 5.24. The van der Waals surface area contributed by atoms with Gasteiger partial charge >= 0.3 is 0 Å². The van der Waals surface area contributed by atoms with Crippen molar-refractivity contribution in [1.29, 1.82) is 0 Å². The lowest BCUT2D eigenvalue weighted by Gasteiger charge is -2.17. The highest BCUT2D eigenvalue weighted by Crippen LogP contribution is 2.31. The summed E-state index contributed by atoms with van der Waals surface area (Å²) in [6.45, 7) is 1.56. The molecule has 122 valence electrons. The first-order valence-corrected chi connectivity index (χ1v) is 7.70. The SMILES string of the molecule is O=C(NNC(=O)C1CC1)c1ccc(N2CCCC2)c([N+](=O)[O-])c1. The molecule has 1 aromatic carbocycles. The Kier molecular flexibility index (Phi) is 4.14. The molecule has 1 saturated carbocycles. The fourth-order valence-corrected chi connectivity index (χ4v) is 2.67. The quantitative estimate of drug-likeness (QED) is 0.644. The number of rotatable bonds is 4. The lowest BCUT2D eigenvalue weighted by molar-refractivity contribution is -0.384. The van der Waals surface area contributed by atoms with E-state index in [1.807, 2.05) is 4.90 Å². The van der Waals surface area contributed by atoms with Crippen molar-refractivity contribution in [2.24, 2.45) is 5.92 Å². The van der Waals surface area contributed by atoms with Gasteiger partial charge in [-0.15, -0.1) is 0 Å². The van der Waals surface area contributed by atoms with Crippen molar-refractivity contribution in [3.63, 3.8) is 0 Å². The number of benzene rings is 1. The standard InChI is InChI=1S/C15H18N4O4/c20-14(10-3-4-10)16-17-15(21)11-5-6-12(13(9-11)19(22)23)18-7-1-2-8-18/h5-6,9-10H,1-4,7-8H2,(H,16,20)(H,17,21). The van der Waals surface area contributed by atoms with Crippen LogP contribution in [0.15, 0.2) is 18.2 Å². The van der Waals surface area contributed by atoms with E-state index in [-0.39, 0.29) is 23.1 Å². The summed E-state index contributed by atoms with van der Waals surface area (Å²) in [7, 11) is 0. The van der Waals surface area contributed by atoms with E-state index in [9.17, 15) is 19.7 Å². The van der Waals surface area contributed by atoms with Gasteiger partial charge in [-0.1, -0.05) is 0 Å². The number of amides is 2. The van der Waals surface area contributed by atoms with Crippen molar-refractivity contribution in [3.8, 4) is 0 Å². The fourth-order valence-electron chi connectivity index (χ4n) is 2.67. The number of carbonyl (C=O) groups excluding carboxylic acids is 2. The Morgan fingerprint density at radius 1 is 1.17 bits per heavy atom. The molecule has 0 radical (unpaired) electrons. The van der Waals surface area contributed by atoms with Gasteiger partial charge in [0.15, 0.2) is 0 Å². The molecule has 0 atom stereocenters. The van der Waals surface area contributed by atoms with Crippen molar-refractivity contribution in [3.05, 3.63) is 33.9 Å². The normalized spacial score (nSPS) is 17.0. The van der Waals surface area contributed by atoms with E-state index in [1.165, 1.54) is 6.07 Å². The monoisotopic (exact) mass is 318 g/mol. The molecule has 0 unspecified atom stereocenters. The van der Waals surface area contributed by atoms with E-state index in [0.29, 0.717) is 5.69 Å². The highest BCUT2D eigenvalue weighted by molar-refractivity contribution is 5.97. The molecular weight excluding hydrogens is 300 g/mol. The summed E-state index contributed by atoms with van der Waals surface area (Å²) in [6, 6.07) is 4.40. The minimum Gasteiger partial charge on any atom is -0.366 e. The first kappa shape index (κ1) is 15.3. The van der Waals surface area contributed by atoms with E-state index in [4.69, 9.17) is 0 Å². The molecule has 0 bridgehead atoms. The summed E-state index contributed by atoms with van der Waals surface area (Å²) in [5.74, 6) is -0.807. The van der Waals surface area contributed by atoms with E-state index in [2.05, 4.69) is 10.9 Å². The Balaban J connectivity index is 1.74. The molecule has 1 heterocycles. The molecule has 8 nitrogen and oxygen atoms in total. The molecule has 3 rings (SSSR count). The number of nitrogens with zero attached hydrogens (tertiary/aromatic N) is 2. The van der Waals surface area contributed by atoms with Gasteiger partial charge in [0.2, 0.25) is 5.91 Å². The van der Waals surface area contributed by atoms with Crippen LogP contribution in [0.25, 0.3) is 0 Å².